The van der Waals surface area contributed by atoms with Gasteiger partial charge < -0.3 is 10.6 Å². The van der Waals surface area contributed by atoms with Crippen LogP contribution >= 0.6 is 0 Å². The first kappa shape index (κ1) is 11.6. The van der Waals surface area contributed by atoms with Crippen molar-refractivity contribution in [3.8, 4) is 0 Å². The molecule has 1 heterocycles. The lowest BCUT2D eigenvalue weighted by atomic mass is 10.1. The van der Waals surface area contributed by atoms with Crippen molar-refractivity contribution in [1.82, 2.24) is 4.90 Å². The van der Waals surface area contributed by atoms with Crippen LogP contribution in [0.3, 0.4) is 0 Å². The minimum absolute atomic E-state index is 0.149. The molecular weight excluding hydrogens is 203 g/mol. The van der Waals surface area contributed by atoms with Crippen molar-refractivity contribution < 1.29 is 4.39 Å². The lowest BCUT2D eigenvalue weighted by molar-refractivity contribution is 0.338. The summed E-state index contributed by atoms with van der Waals surface area (Å²) in [4.78, 5) is 2.38. The van der Waals surface area contributed by atoms with E-state index < -0.39 is 0 Å². The second-order valence-corrected chi connectivity index (χ2v) is 4.67. The Morgan fingerprint density at radius 1 is 1.50 bits per heavy atom. The van der Waals surface area contributed by atoms with Crippen LogP contribution in [0.15, 0.2) is 18.2 Å². The van der Waals surface area contributed by atoms with Crippen molar-refractivity contribution in [2.24, 2.45) is 5.73 Å². The molecule has 0 radical (unpaired) electrons. The maximum Gasteiger partial charge on any atom is 0.123 e. The van der Waals surface area contributed by atoms with Crippen LogP contribution in [0.5, 0.6) is 0 Å². The molecule has 0 saturated carbocycles. The van der Waals surface area contributed by atoms with Gasteiger partial charge in [-0.2, -0.15) is 0 Å². The molecule has 1 aromatic carbocycles. The summed E-state index contributed by atoms with van der Waals surface area (Å²) in [5.74, 6) is -0.149. The standard InChI is InChI=1S/C13H19FN2/c1-10-8-12(14)3-2-11(10)4-6-16-7-5-13(15)9-16/h2-3,8,13H,4-7,9,15H2,1H3. The third-order valence-corrected chi connectivity index (χ3v) is 3.31. The van der Waals surface area contributed by atoms with Gasteiger partial charge in [0.1, 0.15) is 5.82 Å². The molecule has 0 bridgehead atoms. The van der Waals surface area contributed by atoms with Gasteiger partial charge in [0, 0.05) is 19.1 Å². The highest BCUT2D eigenvalue weighted by Gasteiger charge is 2.18. The molecule has 16 heavy (non-hydrogen) atoms. The van der Waals surface area contributed by atoms with Crippen molar-refractivity contribution in [2.45, 2.75) is 25.8 Å². The highest BCUT2D eigenvalue weighted by Crippen LogP contribution is 2.13. The summed E-state index contributed by atoms with van der Waals surface area (Å²) < 4.78 is 12.9. The fourth-order valence-corrected chi connectivity index (χ4v) is 2.28. The fraction of sp³-hybridized carbons (Fsp3) is 0.538. The second kappa shape index (κ2) is 4.93. The lowest BCUT2D eigenvalue weighted by Crippen LogP contribution is -2.28. The maximum absolute atomic E-state index is 12.9. The molecule has 0 aromatic heterocycles. The van der Waals surface area contributed by atoms with E-state index in [-0.39, 0.29) is 5.82 Å². The van der Waals surface area contributed by atoms with Crippen LogP contribution in [0.2, 0.25) is 0 Å². The number of nitrogens with zero attached hydrogens (tertiary/aromatic N) is 1. The Morgan fingerprint density at radius 3 is 2.94 bits per heavy atom. The Hall–Kier alpha value is -0.930. The average Bonchev–Trinajstić information content (AvgIpc) is 2.63. The molecule has 3 heteroatoms. The largest absolute Gasteiger partial charge is 0.326 e. The summed E-state index contributed by atoms with van der Waals surface area (Å²) in [6.45, 7) is 5.09. The van der Waals surface area contributed by atoms with Gasteiger partial charge >= 0.3 is 0 Å². The third kappa shape index (κ3) is 2.80. The summed E-state index contributed by atoms with van der Waals surface area (Å²) in [5, 5.41) is 0. The van der Waals surface area contributed by atoms with E-state index in [1.165, 1.54) is 11.6 Å². The van der Waals surface area contributed by atoms with E-state index in [0.717, 1.165) is 38.0 Å². The number of hydrogen-bond donors (Lipinski definition) is 1. The first-order chi connectivity index (χ1) is 7.65. The van der Waals surface area contributed by atoms with Gasteiger partial charge in [-0.15, -0.1) is 0 Å². The van der Waals surface area contributed by atoms with E-state index in [4.69, 9.17) is 5.73 Å². The van der Waals surface area contributed by atoms with Crippen LogP contribution in [-0.4, -0.2) is 30.6 Å². The van der Waals surface area contributed by atoms with Gasteiger partial charge in [-0.3, -0.25) is 0 Å². The molecule has 0 aliphatic carbocycles. The first-order valence-corrected chi connectivity index (χ1v) is 5.88. The highest BCUT2D eigenvalue weighted by molar-refractivity contribution is 5.26. The summed E-state index contributed by atoms with van der Waals surface area (Å²) in [6.07, 6.45) is 2.08. The summed E-state index contributed by atoms with van der Waals surface area (Å²) in [5.41, 5.74) is 8.14. The Kier molecular flexibility index (Phi) is 3.56. The van der Waals surface area contributed by atoms with Crippen molar-refractivity contribution in [2.75, 3.05) is 19.6 Å². The smallest absolute Gasteiger partial charge is 0.123 e. The van der Waals surface area contributed by atoms with Gasteiger partial charge in [0.05, 0.1) is 0 Å². The summed E-state index contributed by atoms with van der Waals surface area (Å²) in [7, 11) is 0. The van der Waals surface area contributed by atoms with Gasteiger partial charge in [-0.1, -0.05) is 6.07 Å². The van der Waals surface area contributed by atoms with Crippen LogP contribution in [0.25, 0.3) is 0 Å². The van der Waals surface area contributed by atoms with Crippen molar-refractivity contribution >= 4 is 0 Å². The minimum Gasteiger partial charge on any atom is -0.326 e. The third-order valence-electron chi connectivity index (χ3n) is 3.31. The SMILES string of the molecule is Cc1cc(F)ccc1CCN1CCC(N)C1. The Bertz CT molecular complexity index is 365. The number of halogens is 1. The molecule has 1 atom stereocenters. The highest BCUT2D eigenvalue weighted by atomic mass is 19.1. The number of nitrogens with two attached hydrogens (primary N) is 1. The molecule has 1 saturated heterocycles. The topological polar surface area (TPSA) is 29.3 Å². The summed E-state index contributed by atoms with van der Waals surface area (Å²) >= 11 is 0. The zero-order chi connectivity index (χ0) is 11.5. The molecule has 88 valence electrons. The maximum atomic E-state index is 12.9. The predicted molar refractivity (Wildman–Crippen MR) is 63.9 cm³/mol. The van der Waals surface area contributed by atoms with Crippen LogP contribution in [0, 0.1) is 12.7 Å². The number of aryl methyl sites for hydroxylation is 1. The fourth-order valence-electron chi connectivity index (χ4n) is 2.28. The van der Waals surface area contributed by atoms with E-state index in [1.54, 1.807) is 6.07 Å². The van der Waals surface area contributed by atoms with Crippen LogP contribution in [0.4, 0.5) is 4.39 Å². The quantitative estimate of drug-likeness (QED) is 0.843. The van der Waals surface area contributed by atoms with E-state index in [0.29, 0.717) is 6.04 Å². The molecule has 0 amide bonds. The second-order valence-electron chi connectivity index (χ2n) is 4.67. The minimum atomic E-state index is -0.149. The van der Waals surface area contributed by atoms with E-state index in [1.807, 2.05) is 13.0 Å². The van der Waals surface area contributed by atoms with Crippen molar-refractivity contribution in [1.29, 1.82) is 0 Å². The molecular formula is C13H19FN2. The van der Waals surface area contributed by atoms with Crippen molar-refractivity contribution in [3.63, 3.8) is 0 Å². The van der Waals surface area contributed by atoms with E-state index in [2.05, 4.69) is 4.90 Å². The molecule has 2 rings (SSSR count). The molecule has 2 nitrogen and oxygen atoms in total. The Labute approximate surface area is 96.2 Å². The number of benzene rings is 1. The normalized spacial score (nSPS) is 21.6. The van der Waals surface area contributed by atoms with Crippen molar-refractivity contribution in [3.05, 3.63) is 35.1 Å². The van der Waals surface area contributed by atoms with Crippen LogP contribution in [0.1, 0.15) is 17.5 Å². The molecule has 1 aromatic rings. The van der Waals surface area contributed by atoms with Gasteiger partial charge in [-0.05, 0) is 49.6 Å². The number of likely N-dealkylation sites (tertiary alicyclic amines) is 1. The lowest BCUT2D eigenvalue weighted by Gasteiger charge is -2.15. The molecule has 0 spiro atoms. The number of rotatable bonds is 3. The van der Waals surface area contributed by atoms with E-state index >= 15 is 0 Å². The predicted octanol–water partition coefficient (Wildman–Crippen LogP) is 1.71. The van der Waals surface area contributed by atoms with Gasteiger partial charge in [-0.25, -0.2) is 4.39 Å². The zero-order valence-electron chi connectivity index (χ0n) is 9.75. The van der Waals surface area contributed by atoms with Gasteiger partial charge in [0.2, 0.25) is 0 Å². The zero-order valence-corrected chi connectivity index (χ0v) is 9.75. The molecule has 1 aliphatic heterocycles. The Balaban J connectivity index is 1.89. The van der Waals surface area contributed by atoms with Gasteiger partial charge in [0.15, 0.2) is 0 Å². The Morgan fingerprint density at radius 2 is 2.31 bits per heavy atom. The molecule has 2 N–H and O–H groups in total. The van der Waals surface area contributed by atoms with Gasteiger partial charge in [0.25, 0.3) is 0 Å². The van der Waals surface area contributed by atoms with Crippen LogP contribution in [-0.2, 0) is 6.42 Å². The van der Waals surface area contributed by atoms with E-state index in [9.17, 15) is 4.39 Å². The number of hydrogen-bond acceptors (Lipinski definition) is 2. The summed E-state index contributed by atoms with van der Waals surface area (Å²) in [6, 6.07) is 5.37. The average molecular weight is 222 g/mol. The molecule has 1 aliphatic rings. The molecule has 1 fully saturated rings. The molecule has 1 unspecified atom stereocenters. The first-order valence-electron chi connectivity index (χ1n) is 5.88. The van der Waals surface area contributed by atoms with Crippen LogP contribution < -0.4 is 5.73 Å². The monoisotopic (exact) mass is 222 g/mol.